The van der Waals surface area contributed by atoms with E-state index in [1.54, 1.807) is 0 Å². The molecule has 1 rings (SSSR count). The largest absolute Gasteiger partial charge is 0.326 e. The first-order valence-corrected chi connectivity index (χ1v) is 4.61. The van der Waals surface area contributed by atoms with Crippen LogP contribution in [0.5, 0.6) is 0 Å². The van der Waals surface area contributed by atoms with Gasteiger partial charge in [0.2, 0.25) is 5.91 Å². The first-order chi connectivity index (χ1) is 6.58. The molecule has 0 radical (unpaired) electrons. The number of nitrogens with zero attached hydrogens (tertiary/aromatic N) is 1. The average Bonchev–Trinajstić information content (AvgIpc) is 2.48. The second kappa shape index (κ2) is 4.92. The number of hydrogen-bond acceptors (Lipinski definition) is 4. The maximum Gasteiger partial charge on any atom is 0.252 e. The summed E-state index contributed by atoms with van der Waals surface area (Å²) in [5.74, 6) is -0.495. The molecule has 1 unspecified atom stereocenters. The molecular weight excluding hydrogens is 184 g/mol. The molecule has 80 valence electrons. The lowest BCUT2D eigenvalue weighted by Crippen LogP contribution is -2.45. The molecule has 6 heteroatoms. The number of carbonyl (C=O) groups is 2. The molecule has 1 aliphatic rings. The van der Waals surface area contributed by atoms with E-state index in [9.17, 15) is 9.59 Å². The lowest BCUT2D eigenvalue weighted by molar-refractivity contribution is -0.128. The van der Waals surface area contributed by atoms with E-state index in [4.69, 9.17) is 5.73 Å². The summed E-state index contributed by atoms with van der Waals surface area (Å²) in [7, 11) is 0. The molecule has 0 bridgehead atoms. The standard InChI is InChI=1S/C8H16N4O2/c1-6(13)10-11-8(14)5-12-3-2-7(9)4-12/h7H,2-5,9H2,1H3,(H,10,13)(H,11,14). The fourth-order valence-corrected chi connectivity index (χ4v) is 1.41. The Bertz CT molecular complexity index is 231. The minimum atomic E-state index is -0.281. The third kappa shape index (κ3) is 3.71. The number of rotatable bonds is 2. The normalized spacial score (nSPS) is 22.0. The first-order valence-electron chi connectivity index (χ1n) is 4.61. The van der Waals surface area contributed by atoms with E-state index in [1.807, 2.05) is 4.90 Å². The van der Waals surface area contributed by atoms with Gasteiger partial charge >= 0.3 is 0 Å². The second-order valence-electron chi connectivity index (χ2n) is 3.51. The van der Waals surface area contributed by atoms with Crippen molar-refractivity contribution in [3.63, 3.8) is 0 Å². The fourth-order valence-electron chi connectivity index (χ4n) is 1.41. The molecule has 0 aromatic heterocycles. The van der Waals surface area contributed by atoms with Crippen LogP contribution in [0, 0.1) is 0 Å². The summed E-state index contributed by atoms with van der Waals surface area (Å²) in [5.41, 5.74) is 10.2. The highest BCUT2D eigenvalue weighted by atomic mass is 16.2. The van der Waals surface area contributed by atoms with Crippen LogP contribution >= 0.6 is 0 Å². The highest BCUT2D eigenvalue weighted by molar-refractivity contribution is 5.81. The van der Waals surface area contributed by atoms with Crippen LogP contribution in [-0.2, 0) is 9.59 Å². The Morgan fingerprint density at radius 3 is 2.71 bits per heavy atom. The van der Waals surface area contributed by atoms with Crippen molar-refractivity contribution in [1.29, 1.82) is 0 Å². The van der Waals surface area contributed by atoms with Gasteiger partial charge in [0.25, 0.3) is 5.91 Å². The minimum Gasteiger partial charge on any atom is -0.326 e. The zero-order chi connectivity index (χ0) is 10.6. The Hall–Kier alpha value is -1.14. The van der Waals surface area contributed by atoms with Gasteiger partial charge in [0.05, 0.1) is 6.54 Å². The van der Waals surface area contributed by atoms with Crippen molar-refractivity contribution in [2.75, 3.05) is 19.6 Å². The molecule has 1 aliphatic heterocycles. The predicted octanol–water partition coefficient (Wildman–Crippen LogP) is -1.81. The molecule has 4 N–H and O–H groups in total. The van der Waals surface area contributed by atoms with Gasteiger partial charge in [-0.05, 0) is 6.42 Å². The van der Waals surface area contributed by atoms with E-state index in [0.717, 1.165) is 19.5 Å². The topological polar surface area (TPSA) is 87.5 Å². The molecule has 6 nitrogen and oxygen atoms in total. The van der Waals surface area contributed by atoms with Crippen LogP contribution in [-0.4, -0.2) is 42.4 Å². The van der Waals surface area contributed by atoms with Crippen LogP contribution in [0.4, 0.5) is 0 Å². The third-order valence-electron chi connectivity index (χ3n) is 2.05. The lowest BCUT2D eigenvalue weighted by atomic mass is 10.3. The number of nitrogens with one attached hydrogen (secondary N) is 2. The van der Waals surface area contributed by atoms with Crippen LogP contribution in [0.1, 0.15) is 13.3 Å². The summed E-state index contributed by atoms with van der Waals surface area (Å²) in [4.78, 5) is 23.6. The van der Waals surface area contributed by atoms with E-state index in [0.29, 0.717) is 0 Å². The fraction of sp³-hybridized carbons (Fsp3) is 0.750. The molecule has 1 saturated heterocycles. The van der Waals surface area contributed by atoms with E-state index >= 15 is 0 Å². The van der Waals surface area contributed by atoms with Crippen molar-refractivity contribution >= 4 is 11.8 Å². The summed E-state index contributed by atoms with van der Waals surface area (Å²) in [6, 6.07) is 0.170. The molecule has 0 saturated carbocycles. The molecule has 1 heterocycles. The van der Waals surface area contributed by atoms with E-state index in [1.165, 1.54) is 6.92 Å². The average molecular weight is 200 g/mol. The quantitative estimate of drug-likeness (QED) is 0.458. The van der Waals surface area contributed by atoms with Crippen LogP contribution < -0.4 is 16.6 Å². The summed E-state index contributed by atoms with van der Waals surface area (Å²) in [5, 5.41) is 0. The van der Waals surface area contributed by atoms with Crippen molar-refractivity contribution in [3.8, 4) is 0 Å². The number of likely N-dealkylation sites (tertiary alicyclic amines) is 1. The maximum absolute atomic E-state index is 11.2. The predicted molar refractivity (Wildman–Crippen MR) is 51.0 cm³/mol. The van der Waals surface area contributed by atoms with E-state index in [-0.39, 0.29) is 24.4 Å². The zero-order valence-electron chi connectivity index (χ0n) is 8.25. The number of amides is 2. The van der Waals surface area contributed by atoms with Crippen molar-refractivity contribution in [2.45, 2.75) is 19.4 Å². The Labute approximate surface area is 82.8 Å². The van der Waals surface area contributed by atoms with Gasteiger partial charge in [-0.1, -0.05) is 0 Å². The minimum absolute atomic E-state index is 0.170. The van der Waals surface area contributed by atoms with Gasteiger partial charge in [-0.25, -0.2) is 0 Å². The number of hydrazine groups is 1. The third-order valence-corrected chi connectivity index (χ3v) is 2.05. The maximum atomic E-state index is 11.2. The number of nitrogens with two attached hydrogens (primary N) is 1. The molecule has 0 aromatic carbocycles. The molecular formula is C8H16N4O2. The van der Waals surface area contributed by atoms with Crippen molar-refractivity contribution in [2.24, 2.45) is 5.73 Å². The SMILES string of the molecule is CC(=O)NNC(=O)CN1CCC(N)C1. The Morgan fingerprint density at radius 1 is 1.50 bits per heavy atom. The van der Waals surface area contributed by atoms with Crippen molar-refractivity contribution in [3.05, 3.63) is 0 Å². The second-order valence-corrected chi connectivity index (χ2v) is 3.51. The summed E-state index contributed by atoms with van der Waals surface area (Å²) < 4.78 is 0. The first kappa shape index (κ1) is 10.9. The lowest BCUT2D eigenvalue weighted by Gasteiger charge is -2.14. The van der Waals surface area contributed by atoms with Gasteiger partial charge in [0, 0.05) is 26.1 Å². The van der Waals surface area contributed by atoms with E-state index < -0.39 is 0 Å². The van der Waals surface area contributed by atoms with Gasteiger partial charge in [0.1, 0.15) is 0 Å². The molecule has 1 atom stereocenters. The summed E-state index contributed by atoms with van der Waals surface area (Å²) >= 11 is 0. The van der Waals surface area contributed by atoms with Gasteiger partial charge < -0.3 is 5.73 Å². The Balaban J connectivity index is 2.17. The number of carbonyl (C=O) groups excluding carboxylic acids is 2. The zero-order valence-corrected chi connectivity index (χ0v) is 8.25. The van der Waals surface area contributed by atoms with Crippen molar-refractivity contribution in [1.82, 2.24) is 15.8 Å². The Morgan fingerprint density at radius 2 is 2.21 bits per heavy atom. The number of hydrogen-bond donors (Lipinski definition) is 3. The van der Waals surface area contributed by atoms with E-state index in [2.05, 4.69) is 10.9 Å². The Kier molecular flexibility index (Phi) is 3.84. The molecule has 14 heavy (non-hydrogen) atoms. The highest BCUT2D eigenvalue weighted by Crippen LogP contribution is 2.05. The van der Waals surface area contributed by atoms with Crippen LogP contribution in [0.25, 0.3) is 0 Å². The van der Waals surface area contributed by atoms with Crippen molar-refractivity contribution < 1.29 is 9.59 Å². The van der Waals surface area contributed by atoms with Gasteiger partial charge in [-0.2, -0.15) is 0 Å². The van der Waals surface area contributed by atoms with Crippen LogP contribution in [0.2, 0.25) is 0 Å². The molecule has 0 aliphatic carbocycles. The molecule has 1 fully saturated rings. The smallest absolute Gasteiger partial charge is 0.252 e. The summed E-state index contributed by atoms with van der Waals surface area (Å²) in [6.07, 6.45) is 0.924. The molecule has 0 spiro atoms. The molecule has 2 amide bonds. The molecule has 0 aromatic rings. The van der Waals surface area contributed by atoms with Crippen LogP contribution in [0.3, 0.4) is 0 Å². The summed E-state index contributed by atoms with van der Waals surface area (Å²) in [6.45, 7) is 3.21. The monoisotopic (exact) mass is 200 g/mol. The van der Waals surface area contributed by atoms with Gasteiger partial charge in [0.15, 0.2) is 0 Å². The van der Waals surface area contributed by atoms with Gasteiger partial charge in [-0.15, -0.1) is 0 Å². The van der Waals surface area contributed by atoms with Gasteiger partial charge in [-0.3, -0.25) is 25.3 Å². The van der Waals surface area contributed by atoms with Crippen LogP contribution in [0.15, 0.2) is 0 Å². The highest BCUT2D eigenvalue weighted by Gasteiger charge is 2.20.